The molecule has 1 heterocycles. The van der Waals surface area contributed by atoms with Crippen molar-refractivity contribution >= 4 is 5.91 Å². The van der Waals surface area contributed by atoms with Gasteiger partial charge in [-0.05, 0) is 18.9 Å². The zero-order valence-corrected chi connectivity index (χ0v) is 12.1. The highest BCUT2D eigenvalue weighted by Crippen LogP contribution is 2.52. The van der Waals surface area contributed by atoms with Crippen LogP contribution in [0.4, 0.5) is 13.2 Å². The number of hydrogen-bond donors (Lipinski definition) is 1. The Morgan fingerprint density at radius 2 is 1.82 bits per heavy atom. The second-order valence-electron chi connectivity index (χ2n) is 6.07. The van der Waals surface area contributed by atoms with Gasteiger partial charge in [0.1, 0.15) is 5.75 Å². The summed E-state index contributed by atoms with van der Waals surface area (Å²) in [5, 5.41) is 2.84. The first kappa shape index (κ1) is 15.2. The predicted octanol–water partition coefficient (Wildman–Crippen LogP) is 3.75. The number of ether oxygens (including phenoxy) is 1. The van der Waals surface area contributed by atoms with Gasteiger partial charge in [0.2, 0.25) is 5.91 Å². The Bertz CT molecular complexity index is 565. The third-order valence-corrected chi connectivity index (χ3v) is 4.85. The molecule has 1 amide bonds. The topological polar surface area (TPSA) is 38.3 Å². The summed E-state index contributed by atoms with van der Waals surface area (Å²) >= 11 is 0. The van der Waals surface area contributed by atoms with Gasteiger partial charge < -0.3 is 10.1 Å². The fourth-order valence-corrected chi connectivity index (χ4v) is 3.88. The van der Waals surface area contributed by atoms with Crippen LogP contribution >= 0.6 is 0 Å². The SMILES string of the molecule is O=C1NCC(c2ccccc2OC(F)(F)F)C12CCCCC2. The standard InChI is InChI=1S/C16H18F3NO2/c17-16(18,19)22-13-7-3-2-6-11(13)12-10-20-14(21)15(12)8-4-1-5-9-15/h2-3,6-7,12H,1,4-5,8-10H2,(H,20,21). The predicted molar refractivity (Wildman–Crippen MR) is 74.4 cm³/mol. The van der Waals surface area contributed by atoms with E-state index >= 15 is 0 Å². The average Bonchev–Trinajstić information content (AvgIpc) is 2.76. The highest BCUT2D eigenvalue weighted by molar-refractivity contribution is 5.86. The number of halogens is 3. The molecule has 22 heavy (non-hydrogen) atoms. The fourth-order valence-electron chi connectivity index (χ4n) is 3.88. The Labute approximate surface area is 126 Å². The van der Waals surface area contributed by atoms with Gasteiger partial charge in [0.15, 0.2) is 0 Å². The normalized spacial score (nSPS) is 24.3. The van der Waals surface area contributed by atoms with Crippen LogP contribution in [0.2, 0.25) is 0 Å². The fraction of sp³-hybridized carbons (Fsp3) is 0.562. The summed E-state index contributed by atoms with van der Waals surface area (Å²) in [4.78, 5) is 12.4. The molecule has 120 valence electrons. The molecule has 1 saturated heterocycles. The van der Waals surface area contributed by atoms with Crippen molar-refractivity contribution in [2.24, 2.45) is 5.41 Å². The number of rotatable bonds is 2. The first-order valence-corrected chi connectivity index (χ1v) is 7.55. The van der Waals surface area contributed by atoms with Crippen LogP contribution in [-0.2, 0) is 4.79 Å². The van der Waals surface area contributed by atoms with E-state index in [2.05, 4.69) is 10.1 Å². The molecule has 1 aliphatic carbocycles. The molecule has 1 aliphatic heterocycles. The zero-order chi connectivity index (χ0) is 15.8. The molecule has 1 N–H and O–H groups in total. The Kier molecular flexibility index (Phi) is 3.78. The van der Waals surface area contributed by atoms with Crippen molar-refractivity contribution in [2.45, 2.75) is 44.4 Å². The van der Waals surface area contributed by atoms with Gasteiger partial charge in [0, 0.05) is 18.0 Å². The third kappa shape index (κ3) is 2.66. The summed E-state index contributed by atoms with van der Waals surface area (Å²) < 4.78 is 42.0. The molecular formula is C16H18F3NO2. The number of amides is 1. The van der Waals surface area contributed by atoms with Crippen LogP contribution < -0.4 is 10.1 Å². The van der Waals surface area contributed by atoms with Gasteiger partial charge in [-0.1, -0.05) is 37.5 Å². The van der Waals surface area contributed by atoms with Gasteiger partial charge in [0.05, 0.1) is 5.41 Å². The number of hydrogen-bond acceptors (Lipinski definition) is 2. The van der Waals surface area contributed by atoms with E-state index in [1.807, 2.05) is 0 Å². The van der Waals surface area contributed by atoms with Crippen molar-refractivity contribution in [3.8, 4) is 5.75 Å². The van der Waals surface area contributed by atoms with E-state index in [0.29, 0.717) is 12.1 Å². The molecule has 1 unspecified atom stereocenters. The summed E-state index contributed by atoms with van der Waals surface area (Å²) in [6, 6.07) is 6.17. The van der Waals surface area contributed by atoms with Gasteiger partial charge in [0.25, 0.3) is 0 Å². The van der Waals surface area contributed by atoms with Crippen LogP contribution in [0.1, 0.15) is 43.6 Å². The molecule has 1 atom stereocenters. The summed E-state index contributed by atoms with van der Waals surface area (Å²) in [6.07, 6.45) is -0.333. The third-order valence-electron chi connectivity index (χ3n) is 4.85. The maximum Gasteiger partial charge on any atom is 0.573 e. The number of carbonyl (C=O) groups is 1. The van der Waals surface area contributed by atoms with E-state index < -0.39 is 11.8 Å². The Morgan fingerprint density at radius 3 is 2.50 bits per heavy atom. The van der Waals surface area contributed by atoms with Crippen molar-refractivity contribution in [1.82, 2.24) is 5.32 Å². The maximum atomic E-state index is 12.6. The molecule has 6 heteroatoms. The average molecular weight is 313 g/mol. The van der Waals surface area contributed by atoms with E-state index in [1.165, 1.54) is 12.1 Å². The molecule has 3 rings (SSSR count). The lowest BCUT2D eigenvalue weighted by molar-refractivity contribution is -0.275. The van der Waals surface area contributed by atoms with E-state index in [9.17, 15) is 18.0 Å². The van der Waals surface area contributed by atoms with E-state index in [1.54, 1.807) is 12.1 Å². The van der Waals surface area contributed by atoms with Crippen molar-refractivity contribution in [2.75, 3.05) is 6.54 Å². The highest BCUT2D eigenvalue weighted by Gasteiger charge is 2.51. The highest BCUT2D eigenvalue weighted by atomic mass is 19.4. The number of alkyl halides is 3. The van der Waals surface area contributed by atoms with Crippen LogP contribution in [0, 0.1) is 5.41 Å². The molecule has 2 aliphatic rings. The van der Waals surface area contributed by atoms with Crippen molar-refractivity contribution < 1.29 is 22.7 Å². The number of para-hydroxylation sites is 1. The first-order valence-electron chi connectivity index (χ1n) is 7.55. The van der Waals surface area contributed by atoms with Gasteiger partial charge >= 0.3 is 6.36 Å². The van der Waals surface area contributed by atoms with Crippen LogP contribution in [-0.4, -0.2) is 18.8 Å². The van der Waals surface area contributed by atoms with Gasteiger partial charge in [-0.3, -0.25) is 4.79 Å². The minimum atomic E-state index is -4.73. The van der Waals surface area contributed by atoms with Crippen LogP contribution in [0.15, 0.2) is 24.3 Å². The molecule has 3 nitrogen and oxygen atoms in total. The molecule has 1 aromatic rings. The quantitative estimate of drug-likeness (QED) is 0.903. The Morgan fingerprint density at radius 1 is 1.14 bits per heavy atom. The number of benzene rings is 1. The summed E-state index contributed by atoms with van der Waals surface area (Å²) in [5.41, 5.74) is -0.108. The minimum Gasteiger partial charge on any atom is -0.405 e. The second kappa shape index (κ2) is 5.48. The van der Waals surface area contributed by atoms with E-state index in [0.717, 1.165) is 32.1 Å². The molecule has 0 bridgehead atoms. The van der Waals surface area contributed by atoms with Crippen molar-refractivity contribution in [3.63, 3.8) is 0 Å². The summed E-state index contributed by atoms with van der Waals surface area (Å²) in [5.74, 6) is -0.487. The van der Waals surface area contributed by atoms with Gasteiger partial charge in [-0.25, -0.2) is 0 Å². The molecule has 0 radical (unpaired) electrons. The molecular weight excluding hydrogens is 295 g/mol. The van der Waals surface area contributed by atoms with Crippen LogP contribution in [0.25, 0.3) is 0 Å². The van der Waals surface area contributed by atoms with E-state index in [4.69, 9.17) is 0 Å². The second-order valence-corrected chi connectivity index (χ2v) is 6.07. The summed E-state index contributed by atoms with van der Waals surface area (Å²) in [7, 11) is 0. The lowest BCUT2D eigenvalue weighted by Crippen LogP contribution is -2.36. The Balaban J connectivity index is 1.98. The zero-order valence-electron chi connectivity index (χ0n) is 12.1. The molecule has 2 fully saturated rings. The molecule has 1 spiro atoms. The smallest absolute Gasteiger partial charge is 0.405 e. The molecule has 1 saturated carbocycles. The van der Waals surface area contributed by atoms with Crippen molar-refractivity contribution in [3.05, 3.63) is 29.8 Å². The minimum absolute atomic E-state index is 0.0287. The Hall–Kier alpha value is -1.72. The van der Waals surface area contributed by atoms with Crippen LogP contribution in [0.3, 0.4) is 0 Å². The van der Waals surface area contributed by atoms with Crippen LogP contribution in [0.5, 0.6) is 5.75 Å². The van der Waals surface area contributed by atoms with Gasteiger partial charge in [-0.2, -0.15) is 0 Å². The maximum absolute atomic E-state index is 12.6. The van der Waals surface area contributed by atoms with E-state index in [-0.39, 0.29) is 17.6 Å². The van der Waals surface area contributed by atoms with Crippen molar-refractivity contribution in [1.29, 1.82) is 0 Å². The monoisotopic (exact) mass is 313 g/mol. The molecule has 0 aromatic heterocycles. The largest absolute Gasteiger partial charge is 0.573 e. The first-order chi connectivity index (χ1) is 10.4. The molecule has 1 aromatic carbocycles. The van der Waals surface area contributed by atoms with Gasteiger partial charge in [-0.15, -0.1) is 13.2 Å². The number of carbonyl (C=O) groups excluding carboxylic acids is 1. The summed E-state index contributed by atoms with van der Waals surface area (Å²) in [6.45, 7) is 0.372. The lowest BCUT2D eigenvalue weighted by Gasteiger charge is -2.36. The lowest BCUT2D eigenvalue weighted by atomic mass is 9.65. The number of nitrogens with one attached hydrogen (secondary N) is 1.